The summed E-state index contributed by atoms with van der Waals surface area (Å²) in [4.78, 5) is 4.90. The summed E-state index contributed by atoms with van der Waals surface area (Å²) in [7, 11) is 0. The monoisotopic (exact) mass is 886 g/mol. The number of pyridine rings is 1. The van der Waals surface area contributed by atoms with Crippen LogP contribution in [0.3, 0.4) is 0 Å². The number of rotatable bonds is 6. The van der Waals surface area contributed by atoms with Gasteiger partial charge in [0.05, 0.1) is 33.4 Å². The molecule has 0 radical (unpaired) electrons. The van der Waals surface area contributed by atoms with Crippen molar-refractivity contribution < 1.29 is 9.30 Å². The molecule has 12 aromatic rings. The molecule has 0 spiro atoms. The standard InChI is InChI=1S/C64H46N4O/c1-64(2,3)43-36-37-65-61(38-43)68-57-29-14-13-27-53(57)54-33-32-46(40-60(54)68)69-45-21-17-20-44(39-45)66-41-67(59-31-16-15-30-58(59)66)63-47(42-18-5-4-6-19-42)34-35-56-52-26-10-9-24-50(52)48-22-7-8-23-49(48)51-25-11-12-28-55(51)62(56)63/h4-40H,1-3H3. The zero-order valence-electron chi connectivity index (χ0n) is 38.6. The molecule has 3 aromatic heterocycles. The highest BCUT2D eigenvalue weighted by Gasteiger charge is 2.28. The maximum Gasteiger partial charge on any atom is 0.269 e. The molecule has 0 N–H and O–H groups in total. The first-order valence-electron chi connectivity index (χ1n) is 23.6. The van der Waals surface area contributed by atoms with E-state index in [1.54, 1.807) is 0 Å². The van der Waals surface area contributed by atoms with Gasteiger partial charge in [-0.15, -0.1) is 0 Å². The first-order chi connectivity index (χ1) is 33.9. The maximum absolute atomic E-state index is 6.83. The minimum Gasteiger partial charge on any atom is -0.458 e. The summed E-state index contributed by atoms with van der Waals surface area (Å²) >= 11 is 0. The molecule has 0 atom stereocenters. The molecule has 13 rings (SSSR count). The summed E-state index contributed by atoms with van der Waals surface area (Å²) in [5.74, 6) is 2.34. The molecule has 0 saturated carbocycles. The first kappa shape index (κ1) is 40.5. The number of nitrogens with zero attached hydrogens (tertiary/aromatic N) is 4. The fraction of sp³-hybridized carbons (Fsp3) is 0.0625. The lowest BCUT2D eigenvalue weighted by Crippen LogP contribution is -2.32. The van der Waals surface area contributed by atoms with Crippen LogP contribution >= 0.6 is 0 Å². The number of fused-ring (bicyclic) bond motifs is 12. The van der Waals surface area contributed by atoms with Crippen molar-refractivity contribution in [3.63, 3.8) is 0 Å². The number of hydrogen-bond acceptors (Lipinski definition) is 2. The Morgan fingerprint density at radius 3 is 1.80 bits per heavy atom. The highest BCUT2D eigenvalue weighted by molar-refractivity contribution is 6.10. The Kier molecular flexibility index (Phi) is 9.34. The van der Waals surface area contributed by atoms with E-state index in [1.807, 2.05) is 12.3 Å². The van der Waals surface area contributed by atoms with E-state index in [0.717, 1.165) is 72.8 Å². The molecule has 5 heteroatoms. The van der Waals surface area contributed by atoms with E-state index >= 15 is 0 Å². The van der Waals surface area contributed by atoms with Crippen LogP contribution in [0.2, 0.25) is 0 Å². The van der Waals surface area contributed by atoms with Crippen LogP contribution in [0.1, 0.15) is 26.3 Å². The molecule has 69 heavy (non-hydrogen) atoms. The lowest BCUT2D eigenvalue weighted by molar-refractivity contribution is -0.571. The number of para-hydroxylation sites is 3. The van der Waals surface area contributed by atoms with Crippen molar-refractivity contribution in [3.8, 4) is 84.3 Å². The Bertz CT molecular complexity index is 3980. The molecule has 0 fully saturated rings. The average Bonchev–Trinajstić information content (AvgIpc) is 3.94. The third kappa shape index (κ3) is 6.69. The predicted octanol–water partition coefficient (Wildman–Crippen LogP) is 15.9. The van der Waals surface area contributed by atoms with Gasteiger partial charge in [0.15, 0.2) is 0 Å². The Morgan fingerprint density at radius 1 is 0.464 bits per heavy atom. The van der Waals surface area contributed by atoms with Gasteiger partial charge in [0.25, 0.3) is 6.33 Å². The molecule has 0 unspecified atom stereocenters. The van der Waals surface area contributed by atoms with Crippen molar-refractivity contribution in [2.45, 2.75) is 26.2 Å². The molecule has 9 aromatic carbocycles. The fourth-order valence-electron chi connectivity index (χ4n) is 10.5. The SMILES string of the molecule is CC(C)(C)c1ccnc(-n2c3ccccc3c3ccc(Oc4cccc(-n5[c-][n+](-c6c(-c7ccccc7)ccc7c6-c6ccccc6-c6ccccc6-c6ccccc6-7)c6ccccc65)c4)cc32)c1. The molecule has 3 heterocycles. The third-order valence-corrected chi connectivity index (χ3v) is 13.8. The molecule has 1 aliphatic rings. The van der Waals surface area contributed by atoms with Crippen molar-refractivity contribution in [1.82, 2.24) is 14.1 Å². The van der Waals surface area contributed by atoms with Crippen LogP contribution in [0.4, 0.5) is 0 Å². The average molecular weight is 887 g/mol. The fourth-order valence-corrected chi connectivity index (χ4v) is 10.5. The van der Waals surface area contributed by atoms with Gasteiger partial charge in [0, 0.05) is 28.6 Å². The van der Waals surface area contributed by atoms with Crippen molar-refractivity contribution >= 4 is 32.8 Å². The van der Waals surface area contributed by atoms with Gasteiger partial charge < -0.3 is 4.74 Å². The van der Waals surface area contributed by atoms with E-state index < -0.39 is 0 Å². The van der Waals surface area contributed by atoms with Gasteiger partial charge in [-0.3, -0.25) is 13.7 Å². The van der Waals surface area contributed by atoms with Crippen LogP contribution in [0, 0.1) is 6.33 Å². The first-order valence-corrected chi connectivity index (χ1v) is 23.6. The van der Waals surface area contributed by atoms with Crippen LogP contribution in [-0.2, 0) is 5.41 Å². The van der Waals surface area contributed by atoms with Gasteiger partial charge in [0.1, 0.15) is 17.3 Å². The molecule has 0 saturated heterocycles. The Balaban J connectivity index is 0.986. The minimum atomic E-state index is -0.0223. The summed E-state index contributed by atoms with van der Waals surface area (Å²) in [5, 5.41) is 2.32. The Hall–Kier alpha value is -8.80. The smallest absolute Gasteiger partial charge is 0.269 e. The second-order valence-electron chi connectivity index (χ2n) is 18.9. The number of imidazole rings is 1. The highest BCUT2D eigenvalue weighted by Crippen LogP contribution is 2.50. The topological polar surface area (TPSA) is 35.9 Å². The summed E-state index contributed by atoms with van der Waals surface area (Å²) in [5.41, 5.74) is 19.2. The lowest BCUT2D eigenvalue weighted by atomic mass is 9.79. The molecule has 1 aliphatic carbocycles. The summed E-state index contributed by atoms with van der Waals surface area (Å²) in [6, 6.07) is 78.1. The van der Waals surface area contributed by atoms with Gasteiger partial charge in [-0.1, -0.05) is 185 Å². The number of aromatic nitrogens is 4. The van der Waals surface area contributed by atoms with Crippen LogP contribution in [0.25, 0.3) is 106 Å². The molecular weight excluding hydrogens is 841 g/mol. The van der Waals surface area contributed by atoms with Crippen LogP contribution in [0.15, 0.2) is 225 Å². The summed E-state index contributed by atoms with van der Waals surface area (Å²) in [6.07, 6.45) is 5.85. The minimum absolute atomic E-state index is 0.0223. The largest absolute Gasteiger partial charge is 0.458 e. The third-order valence-electron chi connectivity index (χ3n) is 13.8. The van der Waals surface area contributed by atoms with Gasteiger partial charge in [-0.05, 0) is 110 Å². The van der Waals surface area contributed by atoms with E-state index in [2.05, 4.69) is 253 Å². The zero-order chi connectivity index (χ0) is 46.2. The second-order valence-corrected chi connectivity index (χ2v) is 18.9. The number of benzene rings is 9. The zero-order valence-corrected chi connectivity index (χ0v) is 38.6. The van der Waals surface area contributed by atoms with E-state index in [9.17, 15) is 0 Å². The molecule has 5 nitrogen and oxygen atoms in total. The summed E-state index contributed by atoms with van der Waals surface area (Å²) < 4.78 is 13.5. The van der Waals surface area contributed by atoms with Crippen LogP contribution < -0.4 is 9.30 Å². The maximum atomic E-state index is 6.83. The summed E-state index contributed by atoms with van der Waals surface area (Å²) in [6.45, 7) is 6.72. The molecule has 0 aliphatic heterocycles. The molecule has 0 amide bonds. The normalized spacial score (nSPS) is 12.0. The van der Waals surface area contributed by atoms with Gasteiger partial charge in [-0.25, -0.2) is 4.98 Å². The van der Waals surface area contributed by atoms with Crippen molar-refractivity contribution in [3.05, 3.63) is 236 Å². The van der Waals surface area contributed by atoms with E-state index in [1.165, 1.54) is 49.9 Å². The highest BCUT2D eigenvalue weighted by atomic mass is 16.5. The van der Waals surface area contributed by atoms with Gasteiger partial charge in [0.2, 0.25) is 0 Å². The van der Waals surface area contributed by atoms with E-state index in [4.69, 9.17) is 9.72 Å². The van der Waals surface area contributed by atoms with Gasteiger partial charge in [-0.2, -0.15) is 0 Å². The quantitative estimate of drug-likeness (QED) is 0.123. The lowest BCUT2D eigenvalue weighted by Gasteiger charge is -2.27. The van der Waals surface area contributed by atoms with Gasteiger partial charge >= 0.3 is 0 Å². The predicted molar refractivity (Wildman–Crippen MR) is 282 cm³/mol. The Labute approximate surface area is 401 Å². The number of ether oxygens (including phenoxy) is 1. The van der Waals surface area contributed by atoms with Crippen molar-refractivity contribution in [2.75, 3.05) is 0 Å². The van der Waals surface area contributed by atoms with E-state index in [0.29, 0.717) is 0 Å². The Morgan fingerprint density at radius 2 is 1.06 bits per heavy atom. The van der Waals surface area contributed by atoms with Crippen LogP contribution in [-0.4, -0.2) is 14.1 Å². The number of hydrogen-bond donors (Lipinski definition) is 0. The molecule has 0 bridgehead atoms. The van der Waals surface area contributed by atoms with Crippen molar-refractivity contribution in [2.24, 2.45) is 0 Å². The van der Waals surface area contributed by atoms with Crippen molar-refractivity contribution in [1.29, 1.82) is 0 Å². The molecule has 328 valence electrons. The molecular formula is C64H46N4O. The second kappa shape index (κ2) is 15.9. The van der Waals surface area contributed by atoms with E-state index in [-0.39, 0.29) is 5.41 Å². The van der Waals surface area contributed by atoms with Crippen LogP contribution in [0.5, 0.6) is 11.5 Å².